The monoisotopic (exact) mass is 196 g/mol. The van der Waals surface area contributed by atoms with Gasteiger partial charge in [0.15, 0.2) is 0 Å². The number of hydrogen-bond donors (Lipinski definition) is 2. The maximum Gasteiger partial charge on any atom is 0.234 e. The van der Waals surface area contributed by atoms with Crippen LogP contribution < -0.4 is 11.1 Å². The number of rotatable bonds is 3. The Bertz CT molecular complexity index is 211. The van der Waals surface area contributed by atoms with Crippen molar-refractivity contribution in [2.75, 3.05) is 0 Å². The fourth-order valence-electron chi connectivity index (χ4n) is 2.88. The second kappa shape index (κ2) is 4.30. The first-order valence-electron chi connectivity index (χ1n) is 5.81. The molecule has 1 heterocycles. The Morgan fingerprint density at radius 2 is 1.93 bits per heavy atom. The smallest absolute Gasteiger partial charge is 0.234 e. The van der Waals surface area contributed by atoms with Gasteiger partial charge < -0.3 is 11.1 Å². The number of nitrogens with one attached hydrogen (secondary N) is 1. The van der Waals surface area contributed by atoms with E-state index in [0.29, 0.717) is 6.04 Å². The maximum absolute atomic E-state index is 10.9. The van der Waals surface area contributed by atoms with E-state index >= 15 is 0 Å². The summed E-state index contributed by atoms with van der Waals surface area (Å²) >= 11 is 0. The quantitative estimate of drug-likeness (QED) is 0.712. The van der Waals surface area contributed by atoms with Gasteiger partial charge in [-0.25, -0.2) is 0 Å². The lowest BCUT2D eigenvalue weighted by atomic mass is 9.98. The Morgan fingerprint density at radius 1 is 1.21 bits per heavy atom. The first kappa shape index (κ1) is 9.97. The number of carbonyl (C=O) groups is 1. The van der Waals surface area contributed by atoms with Crippen LogP contribution in [0.1, 0.15) is 44.9 Å². The summed E-state index contributed by atoms with van der Waals surface area (Å²) in [6.45, 7) is 0. The zero-order chi connectivity index (χ0) is 9.97. The fraction of sp³-hybridized carbons (Fsp3) is 0.909. The first-order valence-corrected chi connectivity index (χ1v) is 5.81. The lowest BCUT2D eigenvalue weighted by molar-refractivity contribution is -0.119. The SMILES string of the molecule is NC(=O)C1CCC(CC2CCCC2)N1. The maximum atomic E-state index is 10.9. The third-order valence-corrected chi connectivity index (χ3v) is 3.68. The molecule has 2 atom stereocenters. The van der Waals surface area contributed by atoms with Crippen LogP contribution in [0.3, 0.4) is 0 Å². The molecule has 2 rings (SSSR count). The van der Waals surface area contributed by atoms with Crippen LogP contribution in [-0.4, -0.2) is 18.0 Å². The minimum atomic E-state index is -0.182. The van der Waals surface area contributed by atoms with E-state index < -0.39 is 0 Å². The molecule has 0 spiro atoms. The molecule has 2 aliphatic rings. The molecule has 0 aromatic carbocycles. The summed E-state index contributed by atoms with van der Waals surface area (Å²) in [5, 5.41) is 3.34. The van der Waals surface area contributed by atoms with Crippen molar-refractivity contribution in [3.05, 3.63) is 0 Å². The van der Waals surface area contributed by atoms with Crippen molar-refractivity contribution in [2.45, 2.75) is 57.0 Å². The molecule has 2 unspecified atom stereocenters. The summed E-state index contributed by atoms with van der Waals surface area (Å²) in [7, 11) is 0. The van der Waals surface area contributed by atoms with Crippen molar-refractivity contribution in [1.29, 1.82) is 0 Å². The average molecular weight is 196 g/mol. The average Bonchev–Trinajstić information content (AvgIpc) is 2.75. The summed E-state index contributed by atoms with van der Waals surface area (Å²) in [4.78, 5) is 10.9. The summed E-state index contributed by atoms with van der Waals surface area (Å²) < 4.78 is 0. The van der Waals surface area contributed by atoms with Gasteiger partial charge in [0.05, 0.1) is 6.04 Å². The molecule has 1 aliphatic carbocycles. The Kier molecular flexibility index (Phi) is 3.06. The molecule has 3 N–H and O–H groups in total. The molecule has 0 radical (unpaired) electrons. The third-order valence-electron chi connectivity index (χ3n) is 3.68. The number of primary amides is 1. The van der Waals surface area contributed by atoms with Gasteiger partial charge in [0.2, 0.25) is 5.91 Å². The highest BCUT2D eigenvalue weighted by atomic mass is 16.1. The Morgan fingerprint density at radius 3 is 2.50 bits per heavy atom. The second-order valence-corrected chi connectivity index (χ2v) is 4.78. The van der Waals surface area contributed by atoms with E-state index in [0.717, 1.165) is 18.8 Å². The number of carbonyl (C=O) groups excluding carboxylic acids is 1. The van der Waals surface area contributed by atoms with E-state index in [2.05, 4.69) is 5.32 Å². The molecular formula is C11H20N2O. The van der Waals surface area contributed by atoms with Gasteiger partial charge in [-0.3, -0.25) is 4.79 Å². The van der Waals surface area contributed by atoms with Gasteiger partial charge in [-0.2, -0.15) is 0 Å². The van der Waals surface area contributed by atoms with E-state index in [-0.39, 0.29) is 11.9 Å². The van der Waals surface area contributed by atoms with Gasteiger partial charge in [-0.1, -0.05) is 25.7 Å². The normalized spacial score (nSPS) is 33.7. The predicted molar refractivity (Wildman–Crippen MR) is 55.7 cm³/mol. The Hall–Kier alpha value is -0.570. The van der Waals surface area contributed by atoms with E-state index in [9.17, 15) is 4.79 Å². The van der Waals surface area contributed by atoms with Crippen LogP contribution in [0, 0.1) is 5.92 Å². The van der Waals surface area contributed by atoms with Gasteiger partial charge in [0, 0.05) is 6.04 Å². The Labute approximate surface area is 85.4 Å². The van der Waals surface area contributed by atoms with Crippen LogP contribution in [0.4, 0.5) is 0 Å². The van der Waals surface area contributed by atoms with Gasteiger partial charge >= 0.3 is 0 Å². The molecule has 1 aliphatic heterocycles. The van der Waals surface area contributed by atoms with Gasteiger partial charge in [0.25, 0.3) is 0 Å². The van der Waals surface area contributed by atoms with Crippen molar-refractivity contribution in [1.82, 2.24) is 5.32 Å². The molecule has 3 heteroatoms. The highest BCUT2D eigenvalue weighted by Crippen LogP contribution is 2.30. The van der Waals surface area contributed by atoms with Crippen LogP contribution in [0.15, 0.2) is 0 Å². The zero-order valence-electron chi connectivity index (χ0n) is 8.67. The topological polar surface area (TPSA) is 55.1 Å². The van der Waals surface area contributed by atoms with Crippen molar-refractivity contribution in [3.63, 3.8) is 0 Å². The zero-order valence-corrected chi connectivity index (χ0v) is 8.67. The minimum Gasteiger partial charge on any atom is -0.368 e. The van der Waals surface area contributed by atoms with E-state index in [4.69, 9.17) is 5.73 Å². The van der Waals surface area contributed by atoms with Gasteiger partial charge in [-0.15, -0.1) is 0 Å². The van der Waals surface area contributed by atoms with Crippen LogP contribution in [-0.2, 0) is 4.79 Å². The number of hydrogen-bond acceptors (Lipinski definition) is 2. The predicted octanol–water partition coefficient (Wildman–Crippen LogP) is 1.17. The molecule has 80 valence electrons. The van der Waals surface area contributed by atoms with Crippen molar-refractivity contribution in [3.8, 4) is 0 Å². The molecule has 0 bridgehead atoms. The van der Waals surface area contributed by atoms with Gasteiger partial charge in [-0.05, 0) is 25.2 Å². The summed E-state index contributed by atoms with van der Waals surface area (Å²) in [5.74, 6) is 0.720. The van der Waals surface area contributed by atoms with Crippen LogP contribution >= 0.6 is 0 Å². The molecule has 1 saturated carbocycles. The van der Waals surface area contributed by atoms with E-state index in [1.54, 1.807) is 0 Å². The summed E-state index contributed by atoms with van der Waals surface area (Å²) in [5.41, 5.74) is 5.27. The van der Waals surface area contributed by atoms with Crippen LogP contribution in [0.2, 0.25) is 0 Å². The van der Waals surface area contributed by atoms with Crippen molar-refractivity contribution in [2.24, 2.45) is 11.7 Å². The molecule has 0 aromatic rings. The minimum absolute atomic E-state index is 0.0543. The van der Waals surface area contributed by atoms with Gasteiger partial charge in [0.1, 0.15) is 0 Å². The number of nitrogens with two attached hydrogens (primary N) is 1. The first-order chi connectivity index (χ1) is 6.75. The van der Waals surface area contributed by atoms with E-state index in [1.807, 2.05) is 0 Å². The summed E-state index contributed by atoms with van der Waals surface area (Å²) in [6, 6.07) is 0.497. The molecule has 0 aromatic heterocycles. The standard InChI is InChI=1S/C11H20N2O/c12-11(14)10-6-5-9(13-10)7-8-3-1-2-4-8/h8-10,13H,1-7H2,(H2,12,14). The van der Waals surface area contributed by atoms with Crippen LogP contribution in [0.5, 0.6) is 0 Å². The second-order valence-electron chi connectivity index (χ2n) is 4.78. The largest absolute Gasteiger partial charge is 0.368 e. The number of amides is 1. The summed E-state index contributed by atoms with van der Waals surface area (Å²) in [6.07, 6.45) is 8.90. The van der Waals surface area contributed by atoms with Crippen LogP contribution in [0.25, 0.3) is 0 Å². The molecule has 1 saturated heterocycles. The highest BCUT2D eigenvalue weighted by molar-refractivity contribution is 5.80. The molecule has 3 nitrogen and oxygen atoms in total. The fourth-order valence-corrected chi connectivity index (χ4v) is 2.88. The van der Waals surface area contributed by atoms with Crippen molar-refractivity contribution >= 4 is 5.91 Å². The molecule has 1 amide bonds. The Balaban J connectivity index is 1.75. The lowest BCUT2D eigenvalue weighted by Gasteiger charge is -2.16. The molecular weight excluding hydrogens is 176 g/mol. The lowest BCUT2D eigenvalue weighted by Crippen LogP contribution is -2.40. The molecule has 2 fully saturated rings. The van der Waals surface area contributed by atoms with E-state index in [1.165, 1.54) is 32.1 Å². The van der Waals surface area contributed by atoms with Crippen molar-refractivity contribution < 1.29 is 4.79 Å². The molecule has 14 heavy (non-hydrogen) atoms. The highest BCUT2D eigenvalue weighted by Gasteiger charge is 2.29. The third kappa shape index (κ3) is 2.27.